The summed E-state index contributed by atoms with van der Waals surface area (Å²) in [6, 6.07) is 116. The van der Waals surface area contributed by atoms with Gasteiger partial charge in [0.1, 0.15) is 5.58 Å². The smallest absolute Gasteiger partial charge is 0.252 e. The first-order valence-corrected chi connectivity index (χ1v) is 33.1. The third kappa shape index (κ3) is 8.32. The molecule has 96 heavy (non-hydrogen) atoms. The van der Waals surface area contributed by atoms with Crippen LogP contribution < -0.4 is 26.2 Å². The van der Waals surface area contributed by atoms with E-state index in [0.717, 1.165) is 161 Å². The molecule has 2 aliphatic heterocycles. The first-order chi connectivity index (χ1) is 47.3. The van der Waals surface area contributed by atoms with Crippen molar-refractivity contribution in [2.24, 2.45) is 0 Å². The molecule has 3 aromatic heterocycles. The minimum atomic E-state index is -0.321. The summed E-state index contributed by atoms with van der Waals surface area (Å²) in [5, 5.41) is 17.3. The molecular weight excluding hydrogens is 1170 g/mol. The van der Waals surface area contributed by atoms with E-state index in [1.807, 2.05) is 6.07 Å². The number of hydrogen-bond donors (Lipinski definition) is 0. The van der Waals surface area contributed by atoms with Crippen LogP contribution in [0.15, 0.2) is 314 Å². The fourth-order valence-corrected chi connectivity index (χ4v) is 16.0. The SMILES string of the molecule is CC(C)(C)c1ccc2c(c1)c1cc(C#N)ccc1n2-c1cc2c3c(c1)N(c1ccccc1-c1ccccc1)c1c(ccc4c1oc1c(-c5ccccc5)cccc14)B3c1ccc(-n3c4ccccc4c4ccccc43)cc1N2c1c(-c2ccccc2)cccc1-c1ccccc1. The molecule has 19 rings (SSSR count). The second kappa shape index (κ2) is 21.3. The van der Waals surface area contributed by atoms with Gasteiger partial charge < -0.3 is 23.4 Å². The predicted molar refractivity (Wildman–Crippen MR) is 402 cm³/mol. The van der Waals surface area contributed by atoms with Crippen LogP contribution in [0.1, 0.15) is 31.9 Å². The summed E-state index contributed by atoms with van der Waals surface area (Å²) in [4.78, 5) is 5.19. The van der Waals surface area contributed by atoms with E-state index in [9.17, 15) is 5.26 Å². The van der Waals surface area contributed by atoms with Gasteiger partial charge in [-0.1, -0.05) is 257 Å². The van der Waals surface area contributed by atoms with Gasteiger partial charge >= 0.3 is 0 Å². The normalized spacial score (nSPS) is 12.7. The van der Waals surface area contributed by atoms with Gasteiger partial charge in [0, 0.05) is 77.3 Å². The van der Waals surface area contributed by atoms with Crippen LogP contribution in [-0.4, -0.2) is 15.8 Å². The highest BCUT2D eigenvalue weighted by Crippen LogP contribution is 2.54. The third-order valence-electron chi connectivity index (χ3n) is 20.3. The predicted octanol–water partition coefficient (Wildman–Crippen LogP) is 21.7. The zero-order valence-electron chi connectivity index (χ0n) is 53.2. The summed E-state index contributed by atoms with van der Waals surface area (Å²) in [7, 11) is 0. The summed E-state index contributed by atoms with van der Waals surface area (Å²) in [6.45, 7) is 6.50. The largest absolute Gasteiger partial charge is 0.453 e. The lowest BCUT2D eigenvalue weighted by atomic mass is 9.33. The van der Waals surface area contributed by atoms with Gasteiger partial charge in [-0.05, 0) is 122 Å². The van der Waals surface area contributed by atoms with Crippen molar-refractivity contribution in [3.8, 4) is 62.0 Å². The average molecular weight is 1230 g/mol. The Kier molecular flexibility index (Phi) is 12.3. The minimum Gasteiger partial charge on any atom is -0.453 e. The van der Waals surface area contributed by atoms with Crippen LogP contribution in [0.4, 0.5) is 34.1 Å². The second-order valence-corrected chi connectivity index (χ2v) is 26.6. The molecule has 450 valence electrons. The topological polar surface area (TPSA) is 53.3 Å². The Morgan fingerprint density at radius 1 is 0.333 bits per heavy atom. The summed E-state index contributed by atoms with van der Waals surface area (Å²) in [5.41, 5.74) is 28.1. The Bertz CT molecular complexity index is 5980. The van der Waals surface area contributed by atoms with E-state index in [2.05, 4.69) is 349 Å². The number of rotatable bonds is 8. The first-order valence-electron chi connectivity index (χ1n) is 33.1. The summed E-state index contributed by atoms with van der Waals surface area (Å²) in [6.07, 6.45) is 0. The highest BCUT2D eigenvalue weighted by Gasteiger charge is 2.47. The van der Waals surface area contributed by atoms with Crippen LogP contribution in [0.3, 0.4) is 0 Å². The van der Waals surface area contributed by atoms with Crippen molar-refractivity contribution in [1.29, 1.82) is 5.26 Å². The fourth-order valence-electron chi connectivity index (χ4n) is 16.0. The Hall–Kier alpha value is -12.4. The molecular formula is C89H60BN5O. The lowest BCUT2D eigenvalue weighted by Crippen LogP contribution is -2.61. The van der Waals surface area contributed by atoms with Crippen molar-refractivity contribution in [1.82, 2.24) is 9.13 Å². The molecule has 7 heteroatoms. The fraction of sp³-hybridized carbons (Fsp3) is 0.0449. The number of hydrogen-bond acceptors (Lipinski definition) is 4. The quantitative estimate of drug-likeness (QED) is 0.142. The minimum absolute atomic E-state index is 0.140. The number of anilines is 6. The number of aromatic nitrogens is 2. The van der Waals surface area contributed by atoms with Gasteiger partial charge in [0.25, 0.3) is 6.71 Å². The van der Waals surface area contributed by atoms with Crippen LogP contribution in [0.2, 0.25) is 0 Å². The van der Waals surface area contributed by atoms with Crippen LogP contribution >= 0.6 is 0 Å². The van der Waals surface area contributed by atoms with Crippen molar-refractivity contribution in [2.45, 2.75) is 26.2 Å². The number of benzene rings is 14. The number of fused-ring (bicyclic) bond motifs is 14. The highest BCUT2D eigenvalue weighted by atomic mass is 16.3. The molecule has 0 spiro atoms. The Balaban J connectivity index is 1.02. The van der Waals surface area contributed by atoms with Gasteiger partial charge in [-0.25, -0.2) is 0 Å². The summed E-state index contributed by atoms with van der Waals surface area (Å²) >= 11 is 0. The Labute approximate surface area is 556 Å². The van der Waals surface area contributed by atoms with Gasteiger partial charge in [0.2, 0.25) is 0 Å². The Morgan fingerprint density at radius 3 is 1.44 bits per heavy atom. The van der Waals surface area contributed by atoms with E-state index >= 15 is 0 Å². The van der Waals surface area contributed by atoms with Gasteiger partial charge in [-0.3, -0.25) is 0 Å². The zero-order valence-corrected chi connectivity index (χ0v) is 53.2. The highest BCUT2D eigenvalue weighted by molar-refractivity contribution is 7.00. The molecule has 0 N–H and O–H groups in total. The lowest BCUT2D eigenvalue weighted by Gasteiger charge is -2.45. The number of nitrogens with zero attached hydrogens (tertiary/aromatic N) is 5. The maximum absolute atomic E-state index is 10.7. The molecule has 0 fully saturated rings. The maximum Gasteiger partial charge on any atom is 0.252 e. The Morgan fingerprint density at radius 2 is 0.802 bits per heavy atom. The molecule has 17 aromatic rings. The van der Waals surface area contributed by atoms with Crippen molar-refractivity contribution in [3.05, 3.63) is 321 Å². The van der Waals surface area contributed by atoms with Crippen LogP contribution in [-0.2, 0) is 5.41 Å². The number of furan rings is 1. The molecule has 0 amide bonds. The molecule has 2 aliphatic rings. The van der Waals surface area contributed by atoms with Crippen molar-refractivity contribution in [3.63, 3.8) is 0 Å². The van der Waals surface area contributed by atoms with Crippen LogP contribution in [0.5, 0.6) is 0 Å². The maximum atomic E-state index is 10.7. The van der Waals surface area contributed by atoms with Crippen LogP contribution in [0.25, 0.3) is 121 Å². The molecule has 14 aromatic carbocycles. The molecule has 5 heterocycles. The second-order valence-electron chi connectivity index (χ2n) is 26.6. The standard InChI is InChI=1S/C89H60BN5O/c1-89(2,3)61-43-49-80-73(51-61)72-50-56(55-91)42-48-79(72)93(80)63-53-82-84-83(54-63)95(85-65(58-26-10-5-11-27-58)35-22-36-66(85)59-28-12-6-13-29-59)81-52-62(92-77-40-20-17-33-68(77)69-34-18-21-41-78(69)92)44-46-74(81)90(84)75-47-45-71-70-38-23-37-67(60-30-14-7-15-31-60)87(70)96-88(71)86(75)94(82)76-39-19-16-32-64(76)57-24-8-4-9-25-57/h4-54H,1-3H3. The molecule has 6 nitrogen and oxygen atoms in total. The molecule has 0 unspecified atom stereocenters. The first kappa shape index (κ1) is 55.3. The number of nitriles is 1. The molecule has 0 saturated carbocycles. The van der Waals surface area contributed by atoms with E-state index < -0.39 is 0 Å². The molecule has 0 bridgehead atoms. The molecule has 0 aliphatic carbocycles. The van der Waals surface area contributed by atoms with Crippen molar-refractivity contribution < 1.29 is 4.42 Å². The molecule has 0 atom stereocenters. The number of para-hydroxylation sites is 5. The third-order valence-corrected chi connectivity index (χ3v) is 20.3. The van der Waals surface area contributed by atoms with Crippen molar-refractivity contribution in [2.75, 3.05) is 9.80 Å². The monoisotopic (exact) mass is 1230 g/mol. The van der Waals surface area contributed by atoms with E-state index in [1.165, 1.54) is 16.3 Å². The van der Waals surface area contributed by atoms with E-state index in [0.29, 0.717) is 5.56 Å². The van der Waals surface area contributed by atoms with Gasteiger partial charge in [0.15, 0.2) is 5.58 Å². The lowest BCUT2D eigenvalue weighted by molar-refractivity contribution is 0.591. The van der Waals surface area contributed by atoms with Crippen LogP contribution in [0, 0.1) is 11.3 Å². The average Bonchev–Trinajstić information content (AvgIpc) is 1.00. The van der Waals surface area contributed by atoms with Gasteiger partial charge in [-0.15, -0.1) is 0 Å². The summed E-state index contributed by atoms with van der Waals surface area (Å²) < 4.78 is 12.7. The van der Waals surface area contributed by atoms with Crippen molar-refractivity contribution >= 4 is 123 Å². The molecule has 0 radical (unpaired) electrons. The summed E-state index contributed by atoms with van der Waals surface area (Å²) in [5.74, 6) is 0. The van der Waals surface area contributed by atoms with E-state index in [4.69, 9.17) is 4.42 Å². The van der Waals surface area contributed by atoms with E-state index in [1.54, 1.807) is 0 Å². The molecule has 0 saturated heterocycles. The van der Waals surface area contributed by atoms with Gasteiger partial charge in [-0.2, -0.15) is 5.26 Å². The van der Waals surface area contributed by atoms with Gasteiger partial charge in [0.05, 0.1) is 56.4 Å². The zero-order chi connectivity index (χ0) is 63.9. The van der Waals surface area contributed by atoms with E-state index in [-0.39, 0.29) is 12.1 Å².